The molecule has 0 saturated heterocycles. The largest absolute Gasteiger partial charge is 0.480 e. The number of aliphatic carboxylic acids is 1. The van der Waals surface area contributed by atoms with Gasteiger partial charge in [0.15, 0.2) is 0 Å². The summed E-state index contributed by atoms with van der Waals surface area (Å²) in [6.07, 6.45) is 26.3. The lowest BCUT2D eigenvalue weighted by atomic mass is 10.0. The van der Waals surface area contributed by atoms with E-state index in [9.17, 15) is 14.4 Å². The van der Waals surface area contributed by atoms with Crippen LogP contribution < -0.4 is 5.32 Å². The highest BCUT2D eigenvalue weighted by molar-refractivity contribution is 5.81. The van der Waals surface area contributed by atoms with E-state index in [1.807, 2.05) is 0 Å². The van der Waals surface area contributed by atoms with Crippen molar-refractivity contribution in [2.45, 2.75) is 169 Å². The van der Waals surface area contributed by atoms with E-state index in [1.165, 1.54) is 83.5 Å². The highest BCUT2D eigenvalue weighted by Gasteiger charge is 2.18. The van der Waals surface area contributed by atoms with E-state index >= 15 is 0 Å². The molecular formula is C34H63NO5. The van der Waals surface area contributed by atoms with Crippen molar-refractivity contribution in [3.05, 3.63) is 12.2 Å². The van der Waals surface area contributed by atoms with Gasteiger partial charge in [-0.05, 0) is 43.9 Å². The molecule has 0 heterocycles. The van der Waals surface area contributed by atoms with E-state index in [2.05, 4.69) is 45.2 Å². The molecule has 0 aliphatic carbocycles. The van der Waals surface area contributed by atoms with Gasteiger partial charge in [-0.3, -0.25) is 14.4 Å². The van der Waals surface area contributed by atoms with Gasteiger partial charge >= 0.3 is 11.9 Å². The van der Waals surface area contributed by atoms with E-state index in [4.69, 9.17) is 9.84 Å². The van der Waals surface area contributed by atoms with Gasteiger partial charge < -0.3 is 15.2 Å². The summed E-state index contributed by atoms with van der Waals surface area (Å²) in [4.78, 5) is 35.3. The highest BCUT2D eigenvalue weighted by atomic mass is 16.5. The zero-order valence-electron chi connectivity index (χ0n) is 26.5. The van der Waals surface area contributed by atoms with Crippen LogP contribution in [0.15, 0.2) is 12.2 Å². The number of carboxylic acid groups (broad SMARTS) is 1. The molecule has 6 heteroatoms. The van der Waals surface area contributed by atoms with Crippen molar-refractivity contribution < 1.29 is 24.2 Å². The predicted molar refractivity (Wildman–Crippen MR) is 166 cm³/mol. The Kier molecular flexibility index (Phi) is 26.1. The van der Waals surface area contributed by atoms with Gasteiger partial charge in [0.05, 0.1) is 6.42 Å². The van der Waals surface area contributed by atoms with Crippen LogP contribution >= 0.6 is 0 Å². The van der Waals surface area contributed by atoms with Crippen LogP contribution in [0.25, 0.3) is 0 Å². The fourth-order valence-electron chi connectivity index (χ4n) is 4.84. The zero-order valence-corrected chi connectivity index (χ0v) is 26.5. The minimum absolute atomic E-state index is 0.0163. The summed E-state index contributed by atoms with van der Waals surface area (Å²) >= 11 is 0. The Morgan fingerprint density at radius 1 is 0.650 bits per heavy atom. The molecule has 0 aromatic heterocycles. The van der Waals surface area contributed by atoms with Crippen LogP contribution in [0.1, 0.15) is 163 Å². The van der Waals surface area contributed by atoms with E-state index < -0.39 is 18.6 Å². The van der Waals surface area contributed by atoms with Crippen molar-refractivity contribution in [2.75, 3.05) is 6.54 Å². The van der Waals surface area contributed by atoms with E-state index in [-0.39, 0.29) is 18.3 Å². The van der Waals surface area contributed by atoms with Crippen molar-refractivity contribution in [3.63, 3.8) is 0 Å². The molecule has 234 valence electrons. The third-order valence-electron chi connectivity index (χ3n) is 7.29. The number of carbonyl (C=O) groups excluding carboxylic acids is 2. The number of rotatable bonds is 28. The molecule has 6 nitrogen and oxygen atoms in total. The number of allylic oxidation sites excluding steroid dienone is 2. The van der Waals surface area contributed by atoms with E-state index in [1.54, 1.807) is 0 Å². The second-order valence-electron chi connectivity index (χ2n) is 12.4. The van der Waals surface area contributed by atoms with Gasteiger partial charge in [0.2, 0.25) is 5.91 Å². The van der Waals surface area contributed by atoms with Crippen molar-refractivity contribution in [1.29, 1.82) is 0 Å². The molecule has 2 N–H and O–H groups in total. The first kappa shape index (κ1) is 38.1. The third-order valence-corrected chi connectivity index (χ3v) is 7.29. The van der Waals surface area contributed by atoms with Gasteiger partial charge in [-0.1, -0.05) is 130 Å². The molecular weight excluding hydrogens is 502 g/mol. The lowest BCUT2D eigenvalue weighted by molar-refractivity contribution is -0.151. The van der Waals surface area contributed by atoms with Crippen LogP contribution in [0.2, 0.25) is 0 Å². The molecule has 0 bridgehead atoms. The van der Waals surface area contributed by atoms with E-state index in [0.717, 1.165) is 37.5 Å². The topological polar surface area (TPSA) is 92.7 Å². The van der Waals surface area contributed by atoms with Crippen LogP contribution in [0, 0.1) is 11.8 Å². The average Bonchev–Trinajstić information content (AvgIpc) is 2.88. The molecule has 0 spiro atoms. The number of carbonyl (C=O) groups is 3. The second-order valence-corrected chi connectivity index (χ2v) is 12.4. The number of hydrogen-bond donors (Lipinski definition) is 2. The molecule has 0 saturated carbocycles. The van der Waals surface area contributed by atoms with Gasteiger partial charge in [-0.2, -0.15) is 0 Å². The highest BCUT2D eigenvalue weighted by Crippen LogP contribution is 2.16. The second kappa shape index (κ2) is 27.3. The first-order valence-corrected chi connectivity index (χ1v) is 16.5. The smallest absolute Gasteiger partial charge is 0.322 e. The van der Waals surface area contributed by atoms with Crippen molar-refractivity contribution in [1.82, 2.24) is 5.32 Å². The fourth-order valence-corrected chi connectivity index (χ4v) is 4.84. The molecule has 1 atom stereocenters. The summed E-state index contributed by atoms with van der Waals surface area (Å²) in [6.45, 7) is 8.70. The SMILES string of the molecule is CC(C)CCCCCCC/C=C\CCC(=O)O[C@@H](CCCCCCCCCCCC(C)C)CC(=O)NCC(=O)O. The molecule has 0 aromatic rings. The number of carboxylic acids is 1. The maximum absolute atomic E-state index is 12.4. The molecule has 0 aliphatic rings. The first-order valence-electron chi connectivity index (χ1n) is 16.5. The summed E-state index contributed by atoms with van der Waals surface area (Å²) in [5, 5.41) is 11.2. The number of esters is 1. The van der Waals surface area contributed by atoms with Crippen LogP contribution in [0.5, 0.6) is 0 Å². The van der Waals surface area contributed by atoms with Gasteiger partial charge in [0.25, 0.3) is 0 Å². The number of ether oxygens (including phenoxy) is 1. The predicted octanol–water partition coefficient (Wildman–Crippen LogP) is 9.16. The summed E-state index contributed by atoms with van der Waals surface area (Å²) in [5.41, 5.74) is 0. The Morgan fingerprint density at radius 3 is 1.60 bits per heavy atom. The Morgan fingerprint density at radius 2 is 1.10 bits per heavy atom. The summed E-state index contributed by atoms with van der Waals surface area (Å²) in [5.74, 6) is -0.158. The lowest BCUT2D eigenvalue weighted by Gasteiger charge is -2.17. The number of hydrogen-bond acceptors (Lipinski definition) is 4. The summed E-state index contributed by atoms with van der Waals surface area (Å²) < 4.78 is 5.65. The summed E-state index contributed by atoms with van der Waals surface area (Å²) in [6, 6.07) is 0. The fraction of sp³-hybridized carbons (Fsp3) is 0.853. The monoisotopic (exact) mass is 565 g/mol. The zero-order chi connectivity index (χ0) is 29.8. The van der Waals surface area contributed by atoms with Gasteiger partial charge in [0.1, 0.15) is 12.6 Å². The van der Waals surface area contributed by atoms with Crippen LogP contribution in [0.4, 0.5) is 0 Å². The molecule has 0 rings (SSSR count). The van der Waals surface area contributed by atoms with Crippen LogP contribution in [-0.4, -0.2) is 35.6 Å². The third kappa shape index (κ3) is 29.1. The Balaban J connectivity index is 4.15. The molecule has 0 aromatic carbocycles. The summed E-state index contributed by atoms with van der Waals surface area (Å²) in [7, 11) is 0. The minimum atomic E-state index is -1.08. The maximum Gasteiger partial charge on any atom is 0.322 e. The minimum Gasteiger partial charge on any atom is -0.480 e. The molecule has 0 aliphatic heterocycles. The van der Waals surface area contributed by atoms with E-state index in [0.29, 0.717) is 19.3 Å². The van der Waals surface area contributed by atoms with Gasteiger partial charge in [-0.25, -0.2) is 0 Å². The lowest BCUT2D eigenvalue weighted by Crippen LogP contribution is -2.33. The van der Waals surface area contributed by atoms with Crippen molar-refractivity contribution in [3.8, 4) is 0 Å². The molecule has 0 fully saturated rings. The van der Waals surface area contributed by atoms with Crippen LogP contribution in [0.3, 0.4) is 0 Å². The first-order chi connectivity index (χ1) is 19.2. The number of amides is 1. The number of unbranched alkanes of at least 4 members (excludes halogenated alkanes) is 13. The Labute approximate surface area is 246 Å². The Hall–Kier alpha value is -1.85. The molecule has 0 radical (unpaired) electrons. The molecule has 1 amide bonds. The number of nitrogens with one attached hydrogen (secondary N) is 1. The quantitative estimate of drug-likeness (QED) is 0.0560. The van der Waals surface area contributed by atoms with Gasteiger partial charge in [-0.15, -0.1) is 0 Å². The van der Waals surface area contributed by atoms with Gasteiger partial charge in [0, 0.05) is 6.42 Å². The molecule has 40 heavy (non-hydrogen) atoms. The normalized spacial score (nSPS) is 12.3. The standard InChI is InChI=1S/C34H63NO5/c1-29(2)23-19-15-11-7-5-9-13-17-21-25-31(27-32(36)35-28-33(37)38)40-34(39)26-22-18-14-10-6-8-12-16-20-24-30(3)4/h14,18,29-31H,5-13,15-17,19-28H2,1-4H3,(H,35,36)(H,37,38)/b18-14-/t31-/m0/s1. The van der Waals surface area contributed by atoms with Crippen molar-refractivity contribution in [2.24, 2.45) is 11.8 Å². The maximum atomic E-state index is 12.4. The van der Waals surface area contributed by atoms with Crippen molar-refractivity contribution >= 4 is 17.8 Å². The van der Waals surface area contributed by atoms with Crippen LogP contribution in [-0.2, 0) is 19.1 Å². The molecule has 0 unspecified atom stereocenters. The average molecular weight is 566 g/mol. The Bertz CT molecular complexity index is 659.